The normalized spacial score (nSPS) is 20.9. The minimum Gasteiger partial charge on any atom is -0.494 e. The zero-order valence-electron chi connectivity index (χ0n) is 17.1. The molecule has 2 saturated heterocycles. The quantitative estimate of drug-likeness (QED) is 0.672. The van der Waals surface area contributed by atoms with Crippen LogP contribution in [0, 0.1) is 5.92 Å². The van der Waals surface area contributed by atoms with Crippen molar-refractivity contribution in [2.45, 2.75) is 45.6 Å². The third-order valence-corrected chi connectivity index (χ3v) is 5.75. The largest absolute Gasteiger partial charge is 0.494 e. The first-order chi connectivity index (χ1) is 13.6. The predicted octanol–water partition coefficient (Wildman–Crippen LogP) is 3.02. The number of benzene rings is 1. The van der Waals surface area contributed by atoms with Crippen molar-refractivity contribution in [1.82, 2.24) is 9.80 Å². The Labute approximate surface area is 167 Å². The maximum absolute atomic E-state index is 12.8. The standard InChI is InChI=1S/C22H32N2O4/c1-3-27-19-9-7-17(8-10-19)20-6-5-13-24(20)16-21(25)23-14-11-18(12-15-23)22(26)28-4-2/h7-10,18,20H,3-6,11-16H2,1-2H3. The first kappa shape index (κ1) is 20.6. The van der Waals surface area contributed by atoms with Crippen LogP contribution in [0.2, 0.25) is 0 Å². The molecule has 2 fully saturated rings. The molecule has 2 aliphatic rings. The fourth-order valence-electron chi connectivity index (χ4n) is 4.24. The van der Waals surface area contributed by atoms with Crippen LogP contribution in [0.1, 0.15) is 51.1 Å². The van der Waals surface area contributed by atoms with Crippen molar-refractivity contribution in [3.05, 3.63) is 29.8 Å². The lowest BCUT2D eigenvalue weighted by molar-refractivity contribution is -0.151. The SMILES string of the molecule is CCOC(=O)C1CCN(C(=O)CN2CCCC2c2ccc(OCC)cc2)CC1. The number of hydrogen-bond donors (Lipinski definition) is 0. The molecule has 0 spiro atoms. The van der Waals surface area contributed by atoms with E-state index in [1.807, 2.05) is 30.9 Å². The van der Waals surface area contributed by atoms with Crippen LogP contribution in [-0.2, 0) is 14.3 Å². The summed E-state index contributed by atoms with van der Waals surface area (Å²) in [6.45, 7) is 7.57. The minimum absolute atomic E-state index is 0.0626. The summed E-state index contributed by atoms with van der Waals surface area (Å²) in [5.41, 5.74) is 1.25. The van der Waals surface area contributed by atoms with E-state index in [0.29, 0.717) is 45.7 Å². The molecule has 0 aliphatic carbocycles. The number of hydrogen-bond acceptors (Lipinski definition) is 5. The molecule has 6 heteroatoms. The van der Waals surface area contributed by atoms with Gasteiger partial charge in [-0.25, -0.2) is 0 Å². The summed E-state index contributed by atoms with van der Waals surface area (Å²) >= 11 is 0. The zero-order valence-corrected chi connectivity index (χ0v) is 17.1. The van der Waals surface area contributed by atoms with Crippen LogP contribution < -0.4 is 4.74 Å². The van der Waals surface area contributed by atoms with Crippen molar-refractivity contribution in [1.29, 1.82) is 0 Å². The zero-order chi connectivity index (χ0) is 19.9. The molecule has 1 atom stereocenters. The van der Waals surface area contributed by atoms with Gasteiger partial charge in [-0.15, -0.1) is 0 Å². The highest BCUT2D eigenvalue weighted by atomic mass is 16.5. The van der Waals surface area contributed by atoms with Gasteiger partial charge in [0.2, 0.25) is 5.91 Å². The molecule has 2 aliphatic heterocycles. The van der Waals surface area contributed by atoms with Gasteiger partial charge in [-0.2, -0.15) is 0 Å². The molecule has 3 rings (SSSR count). The van der Waals surface area contributed by atoms with Gasteiger partial charge in [-0.3, -0.25) is 14.5 Å². The summed E-state index contributed by atoms with van der Waals surface area (Å²) in [6.07, 6.45) is 3.59. The third kappa shape index (κ3) is 5.04. The van der Waals surface area contributed by atoms with E-state index in [4.69, 9.17) is 9.47 Å². The topological polar surface area (TPSA) is 59.1 Å². The fraction of sp³-hybridized carbons (Fsp3) is 0.636. The van der Waals surface area contributed by atoms with Crippen molar-refractivity contribution in [2.24, 2.45) is 5.92 Å². The third-order valence-electron chi connectivity index (χ3n) is 5.75. The number of likely N-dealkylation sites (tertiary alicyclic amines) is 2. The molecule has 1 unspecified atom stereocenters. The molecule has 1 aromatic rings. The molecule has 1 amide bonds. The number of ether oxygens (including phenoxy) is 2. The first-order valence-electron chi connectivity index (χ1n) is 10.5. The molecule has 2 heterocycles. The Hall–Kier alpha value is -2.08. The number of carbonyl (C=O) groups is 2. The Balaban J connectivity index is 1.53. The van der Waals surface area contributed by atoms with Crippen LogP contribution >= 0.6 is 0 Å². The Kier molecular flexibility index (Phi) is 7.31. The number of carbonyl (C=O) groups excluding carboxylic acids is 2. The smallest absolute Gasteiger partial charge is 0.309 e. The van der Waals surface area contributed by atoms with Crippen molar-refractivity contribution in [3.8, 4) is 5.75 Å². The van der Waals surface area contributed by atoms with E-state index in [0.717, 1.165) is 25.1 Å². The lowest BCUT2D eigenvalue weighted by Gasteiger charge is -2.33. The van der Waals surface area contributed by atoms with E-state index < -0.39 is 0 Å². The van der Waals surface area contributed by atoms with E-state index in [-0.39, 0.29) is 23.8 Å². The van der Waals surface area contributed by atoms with E-state index in [1.54, 1.807) is 0 Å². The monoisotopic (exact) mass is 388 g/mol. The van der Waals surface area contributed by atoms with Gasteiger partial charge in [0, 0.05) is 19.1 Å². The van der Waals surface area contributed by atoms with Crippen LogP contribution in [-0.4, -0.2) is 61.1 Å². The van der Waals surface area contributed by atoms with E-state index >= 15 is 0 Å². The molecular formula is C22H32N2O4. The second-order valence-corrected chi connectivity index (χ2v) is 7.54. The second-order valence-electron chi connectivity index (χ2n) is 7.54. The first-order valence-corrected chi connectivity index (χ1v) is 10.5. The summed E-state index contributed by atoms with van der Waals surface area (Å²) in [4.78, 5) is 28.9. The predicted molar refractivity (Wildman–Crippen MR) is 107 cm³/mol. The maximum Gasteiger partial charge on any atom is 0.309 e. The van der Waals surface area contributed by atoms with Crippen LogP contribution in [0.3, 0.4) is 0 Å². The molecule has 0 radical (unpaired) electrons. The molecule has 0 bridgehead atoms. The van der Waals surface area contributed by atoms with Crippen molar-refractivity contribution < 1.29 is 19.1 Å². The molecule has 0 aromatic heterocycles. The van der Waals surface area contributed by atoms with Crippen molar-refractivity contribution >= 4 is 11.9 Å². The van der Waals surface area contributed by atoms with E-state index in [9.17, 15) is 9.59 Å². The molecule has 154 valence electrons. The van der Waals surface area contributed by atoms with Crippen LogP contribution in [0.5, 0.6) is 5.75 Å². The number of amides is 1. The minimum atomic E-state index is -0.121. The average molecular weight is 389 g/mol. The molecular weight excluding hydrogens is 356 g/mol. The second kappa shape index (κ2) is 9.92. The van der Waals surface area contributed by atoms with Gasteiger partial charge in [-0.05, 0) is 63.8 Å². The Morgan fingerprint density at radius 3 is 2.36 bits per heavy atom. The van der Waals surface area contributed by atoms with Gasteiger partial charge in [0.1, 0.15) is 5.75 Å². The number of rotatable bonds is 7. The Morgan fingerprint density at radius 1 is 1.00 bits per heavy atom. The van der Waals surface area contributed by atoms with E-state index in [1.165, 1.54) is 5.56 Å². The van der Waals surface area contributed by atoms with Gasteiger partial charge >= 0.3 is 5.97 Å². The highest BCUT2D eigenvalue weighted by molar-refractivity contribution is 5.79. The molecule has 0 N–H and O–H groups in total. The summed E-state index contributed by atoms with van der Waals surface area (Å²) in [7, 11) is 0. The van der Waals surface area contributed by atoms with Crippen LogP contribution in [0.4, 0.5) is 0 Å². The van der Waals surface area contributed by atoms with Crippen LogP contribution in [0.25, 0.3) is 0 Å². The maximum atomic E-state index is 12.8. The molecule has 28 heavy (non-hydrogen) atoms. The number of esters is 1. The van der Waals surface area contributed by atoms with Crippen molar-refractivity contribution in [3.63, 3.8) is 0 Å². The molecule has 1 aromatic carbocycles. The lowest BCUT2D eigenvalue weighted by Crippen LogP contribution is -2.45. The van der Waals surface area contributed by atoms with Gasteiger partial charge in [0.25, 0.3) is 0 Å². The highest BCUT2D eigenvalue weighted by Crippen LogP contribution is 2.32. The lowest BCUT2D eigenvalue weighted by atomic mass is 9.97. The summed E-state index contributed by atoms with van der Waals surface area (Å²) in [5.74, 6) is 0.869. The molecule has 0 saturated carbocycles. The van der Waals surface area contributed by atoms with Gasteiger partial charge < -0.3 is 14.4 Å². The number of piperidine rings is 1. The van der Waals surface area contributed by atoms with Gasteiger partial charge in [0.05, 0.1) is 25.7 Å². The van der Waals surface area contributed by atoms with Crippen LogP contribution in [0.15, 0.2) is 24.3 Å². The van der Waals surface area contributed by atoms with Crippen molar-refractivity contribution in [2.75, 3.05) is 39.4 Å². The summed E-state index contributed by atoms with van der Waals surface area (Å²) < 4.78 is 10.6. The highest BCUT2D eigenvalue weighted by Gasteiger charge is 2.32. The Morgan fingerprint density at radius 2 is 1.71 bits per heavy atom. The number of nitrogens with zero attached hydrogens (tertiary/aromatic N) is 2. The summed E-state index contributed by atoms with van der Waals surface area (Å²) in [5, 5.41) is 0. The van der Waals surface area contributed by atoms with Gasteiger partial charge in [0.15, 0.2) is 0 Å². The van der Waals surface area contributed by atoms with Gasteiger partial charge in [-0.1, -0.05) is 12.1 Å². The Bertz CT molecular complexity index is 653. The fourth-order valence-corrected chi connectivity index (χ4v) is 4.24. The average Bonchev–Trinajstić information content (AvgIpc) is 3.17. The van der Waals surface area contributed by atoms with E-state index in [2.05, 4.69) is 17.0 Å². The molecule has 6 nitrogen and oxygen atoms in total. The summed E-state index contributed by atoms with van der Waals surface area (Å²) in [6, 6.07) is 8.54.